The average Bonchev–Trinajstić information content (AvgIpc) is 2.38. The van der Waals surface area contributed by atoms with E-state index >= 15 is 0 Å². The van der Waals surface area contributed by atoms with Crippen molar-refractivity contribution in [3.8, 4) is 0 Å². The maximum absolute atomic E-state index is 11.4. The van der Waals surface area contributed by atoms with Gasteiger partial charge in [-0.2, -0.15) is 10.0 Å². The molecule has 2 amide bonds. The lowest BCUT2D eigenvalue weighted by Gasteiger charge is -2.41. The summed E-state index contributed by atoms with van der Waals surface area (Å²) in [6.07, 6.45) is 1.85. The minimum atomic E-state index is -0.702. The smallest absolute Gasteiger partial charge is 0.244 e. The summed E-state index contributed by atoms with van der Waals surface area (Å²) in [5, 5.41) is 8.28. The van der Waals surface area contributed by atoms with Gasteiger partial charge in [-0.1, -0.05) is 40.5 Å². The van der Waals surface area contributed by atoms with Crippen LogP contribution in [0.5, 0.6) is 0 Å². The summed E-state index contributed by atoms with van der Waals surface area (Å²) >= 11 is 0. The van der Waals surface area contributed by atoms with E-state index in [1.165, 1.54) is 12.2 Å². The molecule has 1 heterocycles. The van der Waals surface area contributed by atoms with Gasteiger partial charge in [-0.15, -0.1) is 0 Å². The first-order chi connectivity index (χ1) is 8.29. The second-order valence-electron chi connectivity index (χ2n) is 3.14. The van der Waals surface area contributed by atoms with E-state index in [-0.39, 0.29) is 0 Å². The van der Waals surface area contributed by atoms with Gasteiger partial charge >= 0.3 is 6.03 Å². The van der Waals surface area contributed by atoms with Crippen LogP contribution in [0.1, 0.15) is 11.7 Å². The van der Waals surface area contributed by atoms with Crippen molar-refractivity contribution in [1.82, 2.24) is 10.0 Å². The molecule has 2 rings (SSSR count). The van der Waals surface area contributed by atoms with E-state index in [9.17, 15) is 14.4 Å². The lowest BCUT2D eigenvalue weighted by atomic mass is 10.1. The van der Waals surface area contributed by atoms with E-state index in [2.05, 4.69) is 10.2 Å². The van der Waals surface area contributed by atoms with Gasteiger partial charge in [0.25, 0.3) is 12.2 Å². The number of carbonyl (C=O) groups excluding carboxylic acids is 3. The summed E-state index contributed by atoms with van der Waals surface area (Å²) in [4.78, 5) is 31.8. The van der Waals surface area contributed by atoms with Crippen molar-refractivity contribution in [2.75, 3.05) is 0 Å². The minimum absolute atomic E-state index is 0.671. The fourth-order valence-electron chi connectivity index (χ4n) is 1.55. The zero-order chi connectivity index (χ0) is 12.3. The summed E-state index contributed by atoms with van der Waals surface area (Å²) in [7, 11) is 0. The Hall–Kier alpha value is -2.75. The molecule has 7 nitrogen and oxygen atoms in total. The van der Waals surface area contributed by atoms with Crippen molar-refractivity contribution in [1.29, 1.82) is 0 Å². The SMILES string of the molecule is O=C=NN1C(=O)N(N=C=O)C1c1ccccc1. The molecule has 0 atom stereocenters. The Morgan fingerprint density at radius 2 is 1.53 bits per heavy atom. The molecular formula is C10H6N4O3. The Kier molecular flexibility index (Phi) is 2.79. The molecule has 1 aromatic rings. The quantitative estimate of drug-likeness (QED) is 0.571. The average molecular weight is 230 g/mol. The van der Waals surface area contributed by atoms with Gasteiger partial charge in [-0.05, 0) is 5.56 Å². The fraction of sp³-hybridized carbons (Fsp3) is 0.100. The number of amides is 2. The van der Waals surface area contributed by atoms with E-state index in [4.69, 9.17) is 0 Å². The van der Waals surface area contributed by atoms with Gasteiger partial charge in [0.15, 0.2) is 6.17 Å². The second kappa shape index (κ2) is 4.40. The molecule has 0 aliphatic carbocycles. The number of hydrogen-bond donors (Lipinski definition) is 0. The van der Waals surface area contributed by atoms with Gasteiger partial charge in [0.2, 0.25) is 0 Å². The number of carbonyl (C=O) groups is 1. The molecule has 1 aromatic carbocycles. The summed E-state index contributed by atoms with van der Waals surface area (Å²) in [5.41, 5.74) is 0.671. The highest BCUT2D eigenvalue weighted by Crippen LogP contribution is 2.35. The van der Waals surface area contributed by atoms with E-state index in [1.807, 2.05) is 0 Å². The monoisotopic (exact) mass is 230 g/mol. The van der Waals surface area contributed by atoms with Crippen LogP contribution in [-0.4, -0.2) is 28.2 Å². The first kappa shape index (κ1) is 10.8. The lowest BCUT2D eigenvalue weighted by Crippen LogP contribution is -2.56. The molecule has 1 fully saturated rings. The zero-order valence-corrected chi connectivity index (χ0v) is 8.48. The number of nitrogens with zero attached hydrogens (tertiary/aromatic N) is 4. The Labute approximate surface area is 95.6 Å². The number of isocyanates is 2. The largest absolute Gasteiger partial charge is 0.366 e. The van der Waals surface area contributed by atoms with Crippen LogP contribution in [0.3, 0.4) is 0 Å². The minimum Gasteiger partial charge on any atom is -0.244 e. The fourth-order valence-corrected chi connectivity index (χ4v) is 1.55. The molecule has 17 heavy (non-hydrogen) atoms. The third kappa shape index (κ3) is 1.72. The van der Waals surface area contributed by atoms with E-state index in [0.29, 0.717) is 5.56 Å². The molecule has 0 aromatic heterocycles. The highest BCUT2D eigenvalue weighted by molar-refractivity contribution is 5.81. The van der Waals surface area contributed by atoms with Gasteiger partial charge in [0, 0.05) is 0 Å². The molecule has 0 bridgehead atoms. The van der Waals surface area contributed by atoms with Crippen LogP contribution in [0.25, 0.3) is 0 Å². The van der Waals surface area contributed by atoms with Crippen LogP contribution in [0.2, 0.25) is 0 Å². The van der Waals surface area contributed by atoms with Crippen LogP contribution in [0, 0.1) is 0 Å². The lowest BCUT2D eigenvalue weighted by molar-refractivity contribution is -0.00637. The second-order valence-corrected chi connectivity index (χ2v) is 3.14. The molecule has 84 valence electrons. The molecule has 1 aliphatic rings. The summed E-state index contributed by atoms with van der Waals surface area (Å²) in [5.74, 6) is 0. The van der Waals surface area contributed by atoms with Gasteiger partial charge < -0.3 is 0 Å². The maximum atomic E-state index is 11.4. The van der Waals surface area contributed by atoms with Gasteiger partial charge in [-0.25, -0.2) is 14.4 Å². The van der Waals surface area contributed by atoms with Crippen LogP contribution in [0.15, 0.2) is 40.5 Å². The molecule has 7 heteroatoms. The Balaban J connectivity index is 2.37. The van der Waals surface area contributed by atoms with Crippen LogP contribution >= 0.6 is 0 Å². The van der Waals surface area contributed by atoms with E-state index < -0.39 is 12.2 Å². The van der Waals surface area contributed by atoms with Crippen LogP contribution < -0.4 is 0 Å². The first-order valence-electron chi connectivity index (χ1n) is 4.62. The number of benzene rings is 1. The highest BCUT2D eigenvalue weighted by Gasteiger charge is 2.47. The Morgan fingerprint density at radius 1 is 1.00 bits per heavy atom. The molecule has 0 unspecified atom stereocenters. The van der Waals surface area contributed by atoms with Crippen molar-refractivity contribution in [2.45, 2.75) is 6.17 Å². The van der Waals surface area contributed by atoms with Crippen molar-refractivity contribution >= 4 is 18.2 Å². The number of hydrazone groups is 2. The highest BCUT2D eigenvalue weighted by atomic mass is 16.2. The number of rotatable bonds is 3. The normalized spacial score (nSPS) is 17.9. The van der Waals surface area contributed by atoms with Crippen molar-refractivity contribution in [2.24, 2.45) is 10.2 Å². The number of urea groups is 1. The van der Waals surface area contributed by atoms with Gasteiger partial charge in [-0.3, -0.25) is 0 Å². The maximum Gasteiger partial charge on any atom is 0.366 e. The molecule has 0 spiro atoms. The van der Waals surface area contributed by atoms with Gasteiger partial charge in [0.1, 0.15) is 0 Å². The number of hydrogen-bond acceptors (Lipinski definition) is 5. The van der Waals surface area contributed by atoms with Crippen molar-refractivity contribution in [3.05, 3.63) is 35.9 Å². The Bertz CT molecular complexity index is 504. The van der Waals surface area contributed by atoms with E-state index in [0.717, 1.165) is 10.0 Å². The molecule has 0 saturated carbocycles. The summed E-state index contributed by atoms with van der Waals surface area (Å²) < 4.78 is 0. The zero-order valence-electron chi connectivity index (χ0n) is 8.48. The summed E-state index contributed by atoms with van der Waals surface area (Å²) in [6, 6.07) is 8.07. The standard InChI is InChI=1S/C10H6N4O3/c15-6-11-13-9(8-4-2-1-3-5-8)14(10(13)17)12-7-16/h1-5,9H. The molecule has 1 aliphatic heterocycles. The predicted octanol–water partition coefficient (Wildman–Crippen LogP) is 0.924. The van der Waals surface area contributed by atoms with Gasteiger partial charge in [0.05, 0.1) is 0 Å². The van der Waals surface area contributed by atoms with E-state index in [1.54, 1.807) is 30.3 Å². The first-order valence-corrected chi connectivity index (χ1v) is 4.62. The Morgan fingerprint density at radius 3 is 2.00 bits per heavy atom. The molecule has 0 radical (unpaired) electrons. The van der Waals surface area contributed by atoms with Crippen LogP contribution in [0.4, 0.5) is 4.79 Å². The third-order valence-corrected chi connectivity index (χ3v) is 2.25. The molecule has 1 saturated heterocycles. The molecule has 0 N–H and O–H groups in total. The predicted molar refractivity (Wildman–Crippen MR) is 54.5 cm³/mol. The molecular weight excluding hydrogens is 224 g/mol. The topological polar surface area (TPSA) is 82.4 Å². The summed E-state index contributed by atoms with van der Waals surface area (Å²) in [6.45, 7) is 0. The van der Waals surface area contributed by atoms with Crippen LogP contribution in [-0.2, 0) is 9.59 Å². The van der Waals surface area contributed by atoms with Crippen molar-refractivity contribution < 1.29 is 14.4 Å². The van der Waals surface area contributed by atoms with Crippen molar-refractivity contribution in [3.63, 3.8) is 0 Å². The third-order valence-electron chi connectivity index (χ3n) is 2.25.